The van der Waals surface area contributed by atoms with E-state index in [1.807, 2.05) is 4.68 Å². The largest absolute Gasteiger partial charge is 0.476 e. The predicted octanol–water partition coefficient (Wildman–Crippen LogP) is 4.91. The van der Waals surface area contributed by atoms with Crippen molar-refractivity contribution in [3.63, 3.8) is 0 Å². The first-order valence-electron chi connectivity index (χ1n) is 8.55. The van der Waals surface area contributed by atoms with Crippen molar-refractivity contribution in [3.8, 4) is 5.88 Å². The molecule has 2 heterocycles. The molecule has 3 nitrogen and oxygen atoms in total. The number of unbranched alkanes of at least 4 members (excludes halogenated alkanes) is 5. The molecule has 0 fully saturated rings. The Morgan fingerprint density at radius 1 is 1.10 bits per heavy atom. The number of fused-ring (bicyclic) bond motifs is 1. The fraction of sp³-hybridized carbons (Fsp3) is 0.824. The van der Waals surface area contributed by atoms with Gasteiger partial charge in [0.25, 0.3) is 0 Å². The Labute approximate surface area is 123 Å². The summed E-state index contributed by atoms with van der Waals surface area (Å²) in [6.45, 7) is 6.27. The zero-order valence-corrected chi connectivity index (χ0v) is 13.2. The van der Waals surface area contributed by atoms with E-state index in [0.29, 0.717) is 5.92 Å². The van der Waals surface area contributed by atoms with Gasteiger partial charge in [0, 0.05) is 5.56 Å². The van der Waals surface area contributed by atoms with Gasteiger partial charge in [0.05, 0.1) is 12.7 Å². The fourth-order valence-corrected chi connectivity index (χ4v) is 3.11. The first-order valence-corrected chi connectivity index (χ1v) is 8.55. The molecule has 3 heteroatoms. The first kappa shape index (κ1) is 15.4. The Hall–Kier alpha value is -0.990. The second-order valence-corrected chi connectivity index (χ2v) is 6.02. The fourth-order valence-electron chi connectivity index (χ4n) is 3.11. The van der Waals surface area contributed by atoms with E-state index < -0.39 is 0 Å². The van der Waals surface area contributed by atoms with E-state index in [2.05, 4.69) is 25.1 Å². The number of hydrogen-bond donors (Lipinski definition) is 0. The standard InChI is InChI=1S/C17H30N2O/c1-3-5-7-8-9-11-15(10-6-4-2)16-14-18-19-12-13-20-17(16)19/h14-15H,3-13H2,1-2H3. The monoisotopic (exact) mass is 278 g/mol. The Morgan fingerprint density at radius 2 is 1.85 bits per heavy atom. The zero-order chi connectivity index (χ0) is 14.2. The molecule has 114 valence electrons. The molecule has 0 radical (unpaired) electrons. The third kappa shape index (κ3) is 4.00. The minimum absolute atomic E-state index is 0.651. The highest BCUT2D eigenvalue weighted by molar-refractivity contribution is 5.29. The van der Waals surface area contributed by atoms with Crippen molar-refractivity contribution in [3.05, 3.63) is 11.8 Å². The lowest BCUT2D eigenvalue weighted by Gasteiger charge is -2.16. The summed E-state index contributed by atoms with van der Waals surface area (Å²) in [5.74, 6) is 1.71. The van der Waals surface area contributed by atoms with Crippen molar-refractivity contribution in [1.82, 2.24) is 9.78 Å². The van der Waals surface area contributed by atoms with Gasteiger partial charge in [0.2, 0.25) is 5.88 Å². The van der Waals surface area contributed by atoms with Crippen molar-refractivity contribution in [2.45, 2.75) is 84.1 Å². The van der Waals surface area contributed by atoms with Crippen molar-refractivity contribution in [2.24, 2.45) is 0 Å². The van der Waals surface area contributed by atoms with Crippen LogP contribution in [0.3, 0.4) is 0 Å². The van der Waals surface area contributed by atoms with Crippen LogP contribution in [-0.2, 0) is 6.54 Å². The molecular weight excluding hydrogens is 248 g/mol. The van der Waals surface area contributed by atoms with Gasteiger partial charge in [-0.15, -0.1) is 0 Å². The zero-order valence-electron chi connectivity index (χ0n) is 13.2. The Balaban J connectivity index is 1.89. The highest BCUT2D eigenvalue weighted by Crippen LogP contribution is 2.35. The maximum atomic E-state index is 5.78. The molecule has 0 amide bonds. The van der Waals surface area contributed by atoms with Gasteiger partial charge in [-0.3, -0.25) is 0 Å². The number of rotatable bonds is 10. The Kier molecular flexibility index (Phi) is 6.41. The molecule has 0 aliphatic carbocycles. The molecule has 1 aliphatic rings. The van der Waals surface area contributed by atoms with Gasteiger partial charge in [-0.1, -0.05) is 58.8 Å². The van der Waals surface area contributed by atoms with Crippen molar-refractivity contribution in [2.75, 3.05) is 6.61 Å². The predicted molar refractivity (Wildman–Crippen MR) is 83.4 cm³/mol. The molecule has 2 rings (SSSR count). The summed E-state index contributed by atoms with van der Waals surface area (Å²) in [5.41, 5.74) is 1.37. The molecule has 1 aromatic rings. The molecule has 1 aromatic heterocycles. The molecule has 0 bridgehead atoms. The summed E-state index contributed by atoms with van der Waals surface area (Å²) in [6, 6.07) is 0. The highest BCUT2D eigenvalue weighted by atomic mass is 16.5. The van der Waals surface area contributed by atoms with Gasteiger partial charge in [-0.05, 0) is 18.8 Å². The average Bonchev–Trinajstić information content (AvgIpc) is 3.05. The van der Waals surface area contributed by atoms with Gasteiger partial charge in [-0.25, -0.2) is 4.68 Å². The molecule has 0 saturated carbocycles. The van der Waals surface area contributed by atoms with Crippen LogP contribution in [0.4, 0.5) is 0 Å². The van der Waals surface area contributed by atoms with Crippen LogP contribution in [0.1, 0.15) is 83.1 Å². The molecule has 1 atom stereocenters. The van der Waals surface area contributed by atoms with E-state index >= 15 is 0 Å². The summed E-state index contributed by atoms with van der Waals surface area (Å²) < 4.78 is 7.81. The topological polar surface area (TPSA) is 27.1 Å². The molecular formula is C17H30N2O. The SMILES string of the molecule is CCCCCCCC(CCCC)c1cnn2c1OCC2. The molecule has 0 spiro atoms. The van der Waals surface area contributed by atoms with Crippen LogP contribution < -0.4 is 4.74 Å². The van der Waals surface area contributed by atoms with Crippen LogP contribution >= 0.6 is 0 Å². The average molecular weight is 278 g/mol. The number of nitrogens with zero attached hydrogens (tertiary/aromatic N) is 2. The molecule has 1 unspecified atom stereocenters. The van der Waals surface area contributed by atoms with E-state index in [4.69, 9.17) is 4.74 Å². The van der Waals surface area contributed by atoms with Crippen LogP contribution in [0, 0.1) is 0 Å². The molecule has 1 aliphatic heterocycles. The summed E-state index contributed by atoms with van der Waals surface area (Å²) in [4.78, 5) is 0. The van der Waals surface area contributed by atoms with Crippen molar-refractivity contribution < 1.29 is 4.74 Å². The van der Waals surface area contributed by atoms with Gasteiger partial charge in [0.1, 0.15) is 6.61 Å². The second kappa shape index (κ2) is 8.33. The Morgan fingerprint density at radius 3 is 2.65 bits per heavy atom. The van der Waals surface area contributed by atoms with E-state index in [9.17, 15) is 0 Å². The normalized spacial score (nSPS) is 15.1. The minimum atomic E-state index is 0.651. The lowest BCUT2D eigenvalue weighted by molar-refractivity contribution is 0.348. The number of hydrogen-bond acceptors (Lipinski definition) is 2. The Bertz CT molecular complexity index is 386. The smallest absolute Gasteiger partial charge is 0.215 e. The summed E-state index contributed by atoms with van der Waals surface area (Å²) in [6.07, 6.45) is 14.0. The van der Waals surface area contributed by atoms with E-state index in [0.717, 1.165) is 19.0 Å². The lowest BCUT2D eigenvalue weighted by atomic mass is 9.90. The van der Waals surface area contributed by atoms with Gasteiger partial charge in [0.15, 0.2) is 0 Å². The lowest BCUT2D eigenvalue weighted by Crippen LogP contribution is -2.01. The van der Waals surface area contributed by atoms with Crippen molar-refractivity contribution in [1.29, 1.82) is 0 Å². The highest BCUT2D eigenvalue weighted by Gasteiger charge is 2.23. The summed E-state index contributed by atoms with van der Waals surface area (Å²) in [5, 5.41) is 4.48. The van der Waals surface area contributed by atoms with Crippen molar-refractivity contribution >= 4 is 0 Å². The number of ether oxygens (including phenoxy) is 1. The quantitative estimate of drug-likeness (QED) is 0.569. The van der Waals surface area contributed by atoms with E-state index in [-0.39, 0.29) is 0 Å². The van der Waals surface area contributed by atoms with Crippen LogP contribution in [-0.4, -0.2) is 16.4 Å². The van der Waals surface area contributed by atoms with Gasteiger partial charge in [-0.2, -0.15) is 5.10 Å². The first-order chi connectivity index (χ1) is 9.86. The molecule has 0 aromatic carbocycles. The summed E-state index contributed by atoms with van der Waals surface area (Å²) in [7, 11) is 0. The molecule has 20 heavy (non-hydrogen) atoms. The maximum absolute atomic E-state index is 5.78. The van der Waals surface area contributed by atoms with Crippen LogP contribution in [0.2, 0.25) is 0 Å². The van der Waals surface area contributed by atoms with Crippen LogP contribution in [0.15, 0.2) is 6.20 Å². The maximum Gasteiger partial charge on any atom is 0.215 e. The molecule has 0 N–H and O–H groups in total. The summed E-state index contributed by atoms with van der Waals surface area (Å²) >= 11 is 0. The molecule has 0 saturated heterocycles. The van der Waals surface area contributed by atoms with Crippen LogP contribution in [0.25, 0.3) is 0 Å². The van der Waals surface area contributed by atoms with E-state index in [1.165, 1.54) is 63.4 Å². The van der Waals surface area contributed by atoms with E-state index in [1.54, 1.807) is 0 Å². The van der Waals surface area contributed by atoms with Crippen LogP contribution in [0.5, 0.6) is 5.88 Å². The van der Waals surface area contributed by atoms with Gasteiger partial charge < -0.3 is 4.74 Å². The number of aromatic nitrogens is 2. The third-order valence-electron chi connectivity index (χ3n) is 4.36. The third-order valence-corrected chi connectivity index (χ3v) is 4.36. The minimum Gasteiger partial charge on any atom is -0.476 e. The van der Waals surface area contributed by atoms with Gasteiger partial charge >= 0.3 is 0 Å². The second-order valence-electron chi connectivity index (χ2n) is 6.02.